The number of hydrogen-bond acceptors (Lipinski definition) is 3. The smallest absolute Gasteiger partial charge is 0.137 e. The highest BCUT2D eigenvalue weighted by Crippen LogP contribution is 2.27. The average Bonchev–Trinajstić information content (AvgIpc) is 2.26. The van der Waals surface area contributed by atoms with E-state index in [0.29, 0.717) is 12.5 Å². The van der Waals surface area contributed by atoms with Crippen molar-refractivity contribution < 1.29 is 4.74 Å². The minimum absolute atomic E-state index is 0.357. The summed E-state index contributed by atoms with van der Waals surface area (Å²) in [4.78, 5) is 4.18. The number of hydrogen-bond donors (Lipinski definition) is 1. The molecular weight excluding hydrogens is 200 g/mol. The van der Waals surface area contributed by atoms with Gasteiger partial charge in [-0.2, -0.15) is 0 Å². The second-order valence-corrected chi connectivity index (χ2v) is 4.70. The van der Waals surface area contributed by atoms with Gasteiger partial charge in [-0.05, 0) is 30.9 Å². The fraction of sp³-hybridized carbons (Fsp3) is 0.615. The quantitative estimate of drug-likeness (QED) is 0.833. The van der Waals surface area contributed by atoms with Crippen LogP contribution in [0.4, 0.5) is 0 Å². The highest BCUT2D eigenvalue weighted by Gasteiger charge is 2.25. The number of pyridine rings is 1. The topological polar surface area (TPSA) is 48.1 Å². The summed E-state index contributed by atoms with van der Waals surface area (Å²) in [5.41, 5.74) is 6.94. The Morgan fingerprint density at radius 1 is 1.44 bits per heavy atom. The number of rotatable bonds is 5. The fourth-order valence-corrected chi connectivity index (χ4v) is 1.35. The van der Waals surface area contributed by atoms with E-state index in [0.717, 1.165) is 17.7 Å². The highest BCUT2D eigenvalue weighted by molar-refractivity contribution is 5.29. The van der Waals surface area contributed by atoms with Crippen molar-refractivity contribution in [2.24, 2.45) is 11.7 Å². The maximum absolute atomic E-state index is 6.28. The Morgan fingerprint density at radius 2 is 2.12 bits per heavy atom. The molecule has 2 N–H and O–H groups in total. The molecule has 0 aliphatic rings. The number of aromatic nitrogens is 1. The van der Waals surface area contributed by atoms with E-state index in [1.807, 2.05) is 19.2 Å². The van der Waals surface area contributed by atoms with E-state index in [-0.39, 0.29) is 5.54 Å². The molecule has 1 unspecified atom stereocenters. The third kappa shape index (κ3) is 2.95. The van der Waals surface area contributed by atoms with E-state index in [2.05, 4.69) is 25.8 Å². The zero-order valence-electron chi connectivity index (χ0n) is 10.7. The molecule has 1 atom stereocenters. The summed E-state index contributed by atoms with van der Waals surface area (Å²) >= 11 is 0. The van der Waals surface area contributed by atoms with Gasteiger partial charge in [-0.15, -0.1) is 0 Å². The molecule has 0 aromatic carbocycles. The molecule has 3 nitrogen and oxygen atoms in total. The van der Waals surface area contributed by atoms with E-state index in [9.17, 15) is 0 Å². The summed E-state index contributed by atoms with van der Waals surface area (Å²) in [5.74, 6) is 1.16. The summed E-state index contributed by atoms with van der Waals surface area (Å²) in [7, 11) is 0. The predicted molar refractivity (Wildman–Crippen MR) is 66.4 cm³/mol. The van der Waals surface area contributed by atoms with Gasteiger partial charge in [0.05, 0.1) is 12.8 Å². The molecule has 0 aliphatic carbocycles. The molecule has 3 heteroatoms. The number of nitrogens with two attached hydrogens (primary N) is 1. The van der Waals surface area contributed by atoms with Gasteiger partial charge in [-0.1, -0.05) is 20.8 Å². The second-order valence-electron chi connectivity index (χ2n) is 4.70. The monoisotopic (exact) mass is 222 g/mol. The molecule has 0 saturated heterocycles. The molecule has 0 amide bonds. The van der Waals surface area contributed by atoms with Crippen LogP contribution in [-0.2, 0) is 5.54 Å². The molecule has 16 heavy (non-hydrogen) atoms. The van der Waals surface area contributed by atoms with E-state index >= 15 is 0 Å². The summed E-state index contributed by atoms with van der Waals surface area (Å²) < 4.78 is 5.55. The predicted octanol–water partition coefficient (Wildman–Crippen LogP) is 2.70. The molecule has 0 spiro atoms. The SMILES string of the molecule is CCCOc1cncc(C(C)(N)C(C)C)c1. The van der Waals surface area contributed by atoms with Crippen molar-refractivity contribution in [2.75, 3.05) is 6.61 Å². The summed E-state index contributed by atoms with van der Waals surface area (Å²) in [5, 5.41) is 0. The van der Waals surface area contributed by atoms with Crippen molar-refractivity contribution in [2.45, 2.75) is 39.7 Å². The highest BCUT2D eigenvalue weighted by atomic mass is 16.5. The van der Waals surface area contributed by atoms with Crippen LogP contribution < -0.4 is 10.5 Å². The zero-order valence-corrected chi connectivity index (χ0v) is 10.7. The van der Waals surface area contributed by atoms with E-state index < -0.39 is 0 Å². The van der Waals surface area contributed by atoms with Crippen LogP contribution in [0.1, 0.15) is 39.7 Å². The standard InChI is InChI=1S/C13H22N2O/c1-5-6-16-12-7-11(8-15-9-12)13(4,14)10(2)3/h7-10H,5-6,14H2,1-4H3. The van der Waals surface area contributed by atoms with Gasteiger partial charge in [-0.25, -0.2) is 0 Å². The molecule has 90 valence electrons. The van der Waals surface area contributed by atoms with Gasteiger partial charge in [0, 0.05) is 11.7 Å². The van der Waals surface area contributed by atoms with Crippen molar-refractivity contribution in [3.05, 3.63) is 24.0 Å². The maximum atomic E-state index is 6.28. The molecule has 1 rings (SSSR count). The van der Waals surface area contributed by atoms with Gasteiger partial charge in [0.15, 0.2) is 0 Å². The number of nitrogens with zero attached hydrogens (tertiary/aromatic N) is 1. The first kappa shape index (κ1) is 13.0. The van der Waals surface area contributed by atoms with Gasteiger partial charge in [-0.3, -0.25) is 4.98 Å². The molecule has 0 bridgehead atoms. The molecule has 1 heterocycles. The molecule has 0 aliphatic heterocycles. The van der Waals surface area contributed by atoms with Gasteiger partial charge in [0.2, 0.25) is 0 Å². The molecule has 0 radical (unpaired) electrons. The van der Waals surface area contributed by atoms with Crippen LogP contribution in [0.25, 0.3) is 0 Å². The van der Waals surface area contributed by atoms with Crippen molar-refractivity contribution >= 4 is 0 Å². The number of ether oxygens (including phenoxy) is 1. The normalized spacial score (nSPS) is 14.9. The second kappa shape index (κ2) is 5.30. The minimum Gasteiger partial charge on any atom is -0.492 e. The van der Waals surface area contributed by atoms with Gasteiger partial charge in [0.25, 0.3) is 0 Å². The van der Waals surface area contributed by atoms with E-state index in [1.54, 1.807) is 6.20 Å². The van der Waals surface area contributed by atoms with Crippen LogP contribution >= 0.6 is 0 Å². The molecule has 0 fully saturated rings. The Morgan fingerprint density at radius 3 is 2.69 bits per heavy atom. The van der Waals surface area contributed by atoms with Crippen LogP contribution in [0.5, 0.6) is 5.75 Å². The molecular formula is C13H22N2O. The van der Waals surface area contributed by atoms with Crippen molar-refractivity contribution in [1.82, 2.24) is 4.98 Å². The molecule has 1 aromatic heterocycles. The average molecular weight is 222 g/mol. The van der Waals surface area contributed by atoms with Crippen LogP contribution in [0.3, 0.4) is 0 Å². The molecule has 1 aromatic rings. The van der Waals surface area contributed by atoms with E-state index in [1.165, 1.54) is 0 Å². The Kier molecular flexibility index (Phi) is 4.30. The van der Waals surface area contributed by atoms with Crippen LogP contribution in [0, 0.1) is 5.92 Å². The summed E-state index contributed by atoms with van der Waals surface area (Å²) in [6, 6.07) is 1.99. The van der Waals surface area contributed by atoms with Crippen molar-refractivity contribution in [1.29, 1.82) is 0 Å². The minimum atomic E-state index is -0.363. The maximum Gasteiger partial charge on any atom is 0.137 e. The first-order valence-electron chi connectivity index (χ1n) is 5.85. The third-order valence-corrected chi connectivity index (χ3v) is 3.01. The Labute approximate surface area is 98.0 Å². The van der Waals surface area contributed by atoms with Gasteiger partial charge in [0.1, 0.15) is 5.75 Å². The lowest BCUT2D eigenvalue weighted by molar-refractivity contribution is 0.310. The van der Waals surface area contributed by atoms with Crippen LogP contribution in [0.15, 0.2) is 18.5 Å². The first-order chi connectivity index (χ1) is 7.48. The van der Waals surface area contributed by atoms with Crippen LogP contribution in [0.2, 0.25) is 0 Å². The fourth-order valence-electron chi connectivity index (χ4n) is 1.35. The Bertz CT molecular complexity index is 334. The Balaban J connectivity index is 2.89. The summed E-state index contributed by atoms with van der Waals surface area (Å²) in [6.45, 7) is 9.05. The lowest BCUT2D eigenvalue weighted by Crippen LogP contribution is -2.38. The largest absolute Gasteiger partial charge is 0.492 e. The lowest BCUT2D eigenvalue weighted by Gasteiger charge is -2.29. The zero-order chi connectivity index (χ0) is 12.2. The van der Waals surface area contributed by atoms with Crippen molar-refractivity contribution in [3.63, 3.8) is 0 Å². The van der Waals surface area contributed by atoms with Gasteiger partial charge < -0.3 is 10.5 Å². The van der Waals surface area contributed by atoms with E-state index in [4.69, 9.17) is 10.5 Å². The van der Waals surface area contributed by atoms with Crippen LogP contribution in [-0.4, -0.2) is 11.6 Å². The lowest BCUT2D eigenvalue weighted by atomic mass is 9.83. The van der Waals surface area contributed by atoms with Gasteiger partial charge >= 0.3 is 0 Å². The third-order valence-electron chi connectivity index (χ3n) is 3.01. The Hall–Kier alpha value is -1.09. The summed E-state index contributed by atoms with van der Waals surface area (Å²) in [6.07, 6.45) is 4.54. The first-order valence-corrected chi connectivity index (χ1v) is 5.85. The molecule has 0 saturated carbocycles. The van der Waals surface area contributed by atoms with Crippen molar-refractivity contribution in [3.8, 4) is 5.75 Å².